The van der Waals surface area contributed by atoms with Gasteiger partial charge in [0.1, 0.15) is 0 Å². The summed E-state index contributed by atoms with van der Waals surface area (Å²) >= 11 is 5.72. The fourth-order valence-corrected chi connectivity index (χ4v) is 1.48. The Hall–Kier alpha value is -1.32. The Morgan fingerprint density at radius 3 is 2.64 bits per heavy atom. The molecule has 3 nitrogen and oxygen atoms in total. The van der Waals surface area contributed by atoms with E-state index in [1.54, 1.807) is 24.3 Å². The topological polar surface area (TPSA) is 46.5 Å². The van der Waals surface area contributed by atoms with Crippen LogP contribution in [0.25, 0.3) is 5.76 Å². The SMILES string of the molecule is O=C1O/C(=C(/Cl)CO)c2ccccc21. The number of carbonyl (C=O) groups is 1. The van der Waals surface area contributed by atoms with Crippen molar-refractivity contribution in [3.05, 3.63) is 40.4 Å². The second-order valence-electron chi connectivity index (χ2n) is 2.83. The van der Waals surface area contributed by atoms with E-state index in [0.29, 0.717) is 11.1 Å². The van der Waals surface area contributed by atoms with Crippen LogP contribution in [0.4, 0.5) is 0 Å². The largest absolute Gasteiger partial charge is 0.421 e. The summed E-state index contributed by atoms with van der Waals surface area (Å²) in [6, 6.07) is 6.91. The number of rotatable bonds is 1. The van der Waals surface area contributed by atoms with Gasteiger partial charge in [-0.15, -0.1) is 0 Å². The molecule has 0 radical (unpaired) electrons. The van der Waals surface area contributed by atoms with Crippen LogP contribution < -0.4 is 0 Å². The maximum Gasteiger partial charge on any atom is 0.344 e. The molecule has 1 aliphatic rings. The third-order valence-corrected chi connectivity index (χ3v) is 2.26. The summed E-state index contributed by atoms with van der Waals surface area (Å²) in [6.45, 7) is -0.335. The highest BCUT2D eigenvalue weighted by atomic mass is 35.5. The molecule has 1 aromatic rings. The van der Waals surface area contributed by atoms with Crippen LogP contribution in [0.15, 0.2) is 29.3 Å². The number of hydrogen-bond acceptors (Lipinski definition) is 3. The number of benzene rings is 1. The lowest BCUT2D eigenvalue weighted by molar-refractivity contribution is 0.0714. The number of cyclic esters (lactones) is 1. The molecule has 0 aliphatic carbocycles. The normalized spacial score (nSPS) is 17.7. The molecule has 0 unspecified atom stereocenters. The third kappa shape index (κ3) is 1.31. The third-order valence-electron chi connectivity index (χ3n) is 1.97. The van der Waals surface area contributed by atoms with Gasteiger partial charge in [-0.3, -0.25) is 0 Å². The summed E-state index contributed by atoms with van der Waals surface area (Å²) in [6.07, 6.45) is 0. The number of halogens is 1. The highest BCUT2D eigenvalue weighted by Gasteiger charge is 2.27. The second kappa shape index (κ2) is 3.44. The van der Waals surface area contributed by atoms with Crippen molar-refractivity contribution < 1.29 is 14.6 Å². The van der Waals surface area contributed by atoms with Gasteiger partial charge >= 0.3 is 5.97 Å². The molecule has 1 aromatic carbocycles. The lowest BCUT2D eigenvalue weighted by atomic mass is 10.1. The van der Waals surface area contributed by atoms with Gasteiger partial charge in [0.15, 0.2) is 5.76 Å². The zero-order chi connectivity index (χ0) is 10.1. The molecule has 1 aliphatic heterocycles. The molecule has 1 N–H and O–H groups in total. The fourth-order valence-electron chi connectivity index (χ4n) is 1.34. The Morgan fingerprint density at radius 2 is 2.00 bits per heavy atom. The average molecular weight is 211 g/mol. The Labute approximate surface area is 85.6 Å². The minimum atomic E-state index is -0.429. The molecule has 0 saturated carbocycles. The number of aliphatic hydroxyl groups is 1. The van der Waals surface area contributed by atoms with Crippen LogP contribution in [0.2, 0.25) is 0 Å². The van der Waals surface area contributed by atoms with E-state index in [2.05, 4.69) is 0 Å². The maximum atomic E-state index is 11.3. The number of aliphatic hydroxyl groups excluding tert-OH is 1. The van der Waals surface area contributed by atoms with Crippen molar-refractivity contribution in [2.24, 2.45) is 0 Å². The van der Waals surface area contributed by atoms with E-state index in [1.807, 2.05) is 0 Å². The Balaban J connectivity index is 2.60. The first-order valence-electron chi connectivity index (χ1n) is 4.05. The number of esters is 1. The van der Waals surface area contributed by atoms with E-state index in [9.17, 15) is 4.79 Å². The van der Waals surface area contributed by atoms with Gasteiger partial charge in [-0.1, -0.05) is 29.8 Å². The van der Waals surface area contributed by atoms with Crippen molar-refractivity contribution in [3.63, 3.8) is 0 Å². The summed E-state index contributed by atoms with van der Waals surface area (Å²) in [5.74, 6) is -0.169. The fraction of sp³-hybridized carbons (Fsp3) is 0.100. The van der Waals surface area contributed by atoms with Gasteiger partial charge in [0, 0.05) is 5.56 Å². The van der Waals surface area contributed by atoms with Gasteiger partial charge in [0.2, 0.25) is 0 Å². The molecule has 0 saturated heterocycles. The molecular weight excluding hydrogens is 204 g/mol. The zero-order valence-electron chi connectivity index (χ0n) is 7.16. The smallest absolute Gasteiger partial charge is 0.344 e. The van der Waals surface area contributed by atoms with Crippen molar-refractivity contribution in [2.45, 2.75) is 0 Å². The van der Waals surface area contributed by atoms with E-state index in [4.69, 9.17) is 21.4 Å². The van der Waals surface area contributed by atoms with Crippen LogP contribution in [-0.4, -0.2) is 17.7 Å². The van der Waals surface area contributed by atoms with Gasteiger partial charge in [-0.25, -0.2) is 4.79 Å². The summed E-state index contributed by atoms with van der Waals surface area (Å²) in [5.41, 5.74) is 1.12. The van der Waals surface area contributed by atoms with E-state index in [1.165, 1.54) is 0 Å². The molecule has 0 aromatic heterocycles. The molecule has 2 rings (SSSR count). The van der Waals surface area contributed by atoms with Crippen LogP contribution in [0.5, 0.6) is 0 Å². The van der Waals surface area contributed by atoms with Gasteiger partial charge in [0.25, 0.3) is 0 Å². The minimum absolute atomic E-state index is 0.142. The lowest BCUT2D eigenvalue weighted by Crippen LogP contribution is -1.93. The Bertz CT molecular complexity index is 423. The van der Waals surface area contributed by atoms with E-state index in [0.717, 1.165) is 0 Å². The highest BCUT2D eigenvalue weighted by Crippen LogP contribution is 2.32. The summed E-state index contributed by atoms with van der Waals surface area (Å²) < 4.78 is 4.93. The predicted molar refractivity (Wildman–Crippen MR) is 51.7 cm³/mol. The van der Waals surface area contributed by atoms with Gasteiger partial charge in [-0.05, 0) is 6.07 Å². The van der Waals surface area contributed by atoms with E-state index < -0.39 is 5.97 Å². The molecule has 72 valence electrons. The maximum absolute atomic E-state index is 11.3. The molecular formula is C10H7ClO3. The quantitative estimate of drug-likeness (QED) is 0.719. The molecule has 4 heteroatoms. The van der Waals surface area contributed by atoms with Gasteiger partial charge in [-0.2, -0.15) is 0 Å². The number of fused-ring (bicyclic) bond motifs is 1. The first-order chi connectivity index (χ1) is 6.74. The van der Waals surface area contributed by atoms with Gasteiger partial charge < -0.3 is 9.84 Å². The molecule has 1 heterocycles. The van der Waals surface area contributed by atoms with Crippen molar-refractivity contribution >= 4 is 23.3 Å². The number of ether oxygens (including phenoxy) is 1. The average Bonchev–Trinajstić information content (AvgIpc) is 2.56. The molecule has 14 heavy (non-hydrogen) atoms. The lowest BCUT2D eigenvalue weighted by Gasteiger charge is -1.99. The summed E-state index contributed by atoms with van der Waals surface area (Å²) in [7, 11) is 0. The monoisotopic (exact) mass is 210 g/mol. The summed E-state index contributed by atoms with van der Waals surface area (Å²) in [4.78, 5) is 11.3. The molecule has 0 fully saturated rings. The van der Waals surface area contributed by atoms with Crippen molar-refractivity contribution in [2.75, 3.05) is 6.61 Å². The van der Waals surface area contributed by atoms with Crippen LogP contribution in [0.1, 0.15) is 15.9 Å². The molecule has 0 bridgehead atoms. The standard InChI is InChI=1S/C10H7ClO3/c11-8(5-12)9-6-3-1-2-4-7(6)10(13)14-9/h1-4,12H,5H2/b9-8+. The van der Waals surface area contributed by atoms with E-state index in [-0.39, 0.29) is 17.4 Å². The first-order valence-corrected chi connectivity index (χ1v) is 4.43. The molecule has 0 atom stereocenters. The van der Waals surface area contributed by atoms with Crippen LogP contribution in [0, 0.1) is 0 Å². The molecule has 0 spiro atoms. The van der Waals surface area contributed by atoms with Crippen LogP contribution in [-0.2, 0) is 4.74 Å². The number of hydrogen-bond donors (Lipinski definition) is 1. The van der Waals surface area contributed by atoms with Crippen molar-refractivity contribution in [1.29, 1.82) is 0 Å². The minimum Gasteiger partial charge on any atom is -0.421 e. The van der Waals surface area contributed by atoms with Gasteiger partial charge in [0.05, 0.1) is 17.2 Å². The first kappa shape index (κ1) is 9.24. The summed E-state index contributed by atoms with van der Waals surface area (Å²) in [5, 5.41) is 8.97. The highest BCUT2D eigenvalue weighted by molar-refractivity contribution is 6.33. The Kier molecular flexibility index (Phi) is 2.27. The zero-order valence-corrected chi connectivity index (χ0v) is 7.91. The second-order valence-corrected chi connectivity index (χ2v) is 3.28. The van der Waals surface area contributed by atoms with Crippen molar-refractivity contribution in [1.82, 2.24) is 0 Å². The van der Waals surface area contributed by atoms with E-state index >= 15 is 0 Å². The Morgan fingerprint density at radius 1 is 1.36 bits per heavy atom. The molecule has 0 amide bonds. The van der Waals surface area contributed by atoms with Crippen LogP contribution >= 0.6 is 11.6 Å². The van der Waals surface area contributed by atoms with Crippen molar-refractivity contribution in [3.8, 4) is 0 Å². The predicted octanol–water partition coefficient (Wildman–Crippen LogP) is 1.76. The van der Waals surface area contributed by atoms with Crippen LogP contribution in [0.3, 0.4) is 0 Å². The number of carbonyl (C=O) groups excluding carboxylic acids is 1.